The van der Waals surface area contributed by atoms with Crippen molar-refractivity contribution in [1.82, 2.24) is 9.80 Å². The molecule has 2 aliphatic rings. The lowest BCUT2D eigenvalue weighted by Crippen LogP contribution is -3.00. The molecule has 1 unspecified atom stereocenters. The van der Waals surface area contributed by atoms with E-state index in [1.165, 1.54) is 53.5 Å². The molecule has 5 heterocycles. The number of aromatic nitrogens is 1. The number of para-hydroxylation sites is 1. The van der Waals surface area contributed by atoms with Crippen LogP contribution < -0.4 is 33.9 Å². The van der Waals surface area contributed by atoms with Crippen molar-refractivity contribution in [3.05, 3.63) is 273 Å². The number of aliphatic hydroxyl groups is 1. The van der Waals surface area contributed by atoms with E-state index in [0.717, 1.165) is 62.0 Å². The highest BCUT2D eigenvalue weighted by molar-refractivity contribution is 8.26. The third-order valence-corrected chi connectivity index (χ3v) is 15.6. The number of carbonyl (C=O) groups excluding carboxylic acids is 3. The number of Topliss-reactive ketones (excluding diaryl/α,β-unsaturated/α-hetero) is 1. The van der Waals surface area contributed by atoms with Crippen molar-refractivity contribution in [1.29, 1.82) is 0 Å². The molecule has 12 rings (SSSR count). The Kier molecular flexibility index (Phi) is 26.7. The van der Waals surface area contributed by atoms with Crippen LogP contribution in [0, 0.1) is 24.0 Å². The van der Waals surface area contributed by atoms with Crippen LogP contribution >= 0.6 is 36.2 Å². The number of carbonyl (C=O) groups is 3. The number of thiocarbonyl (C=S) groups is 2. The van der Waals surface area contributed by atoms with Gasteiger partial charge in [-0.2, -0.15) is 4.57 Å². The normalized spacial score (nSPS) is 12.5. The van der Waals surface area contributed by atoms with Gasteiger partial charge in [-0.05, 0) is 140 Å². The predicted octanol–water partition coefficient (Wildman–Crippen LogP) is 12.4. The number of halogens is 1. The summed E-state index contributed by atoms with van der Waals surface area (Å²) < 4.78 is 17.8. The highest BCUT2D eigenvalue weighted by atomic mass is 127. The Balaban J connectivity index is 0.000000188. The molecule has 0 spiro atoms. The minimum absolute atomic E-state index is 0. The molecule has 1 saturated heterocycles. The summed E-state index contributed by atoms with van der Waals surface area (Å²) in [6, 6.07) is 55.9. The Labute approximate surface area is 570 Å². The number of pyridine rings is 1. The number of furan rings is 3. The number of aryl methyl sites for hydroxylation is 3. The second-order valence-corrected chi connectivity index (χ2v) is 22.3. The predicted molar refractivity (Wildman–Crippen MR) is 369 cm³/mol. The molecule has 0 saturated carbocycles. The van der Waals surface area contributed by atoms with Gasteiger partial charge in [0.1, 0.15) is 51.5 Å². The smallest absolute Gasteiger partial charge is 0.270 e. The van der Waals surface area contributed by atoms with E-state index in [4.69, 9.17) is 37.7 Å². The van der Waals surface area contributed by atoms with Crippen LogP contribution in [0.4, 0.5) is 22.7 Å². The molecule has 1 fully saturated rings. The molecule has 22 heteroatoms. The first-order valence-corrected chi connectivity index (χ1v) is 29.7. The number of hydrogen-bond donors (Lipinski definition) is 4. The Morgan fingerprint density at radius 1 is 0.763 bits per heavy atom. The molecule has 0 radical (unpaired) electrons. The molecular weight excluding hydrogens is 1350 g/mol. The number of thioether (sulfide) groups is 1. The summed E-state index contributed by atoms with van der Waals surface area (Å²) in [6.45, 7) is 6.82. The minimum Gasteiger partial charge on any atom is -1.00 e. The molecule has 10 aromatic rings. The highest BCUT2D eigenvalue weighted by Gasteiger charge is 2.34. The maximum Gasteiger partial charge on any atom is 0.270 e. The maximum atomic E-state index is 12.1. The van der Waals surface area contributed by atoms with Crippen LogP contribution in [-0.4, -0.2) is 90.0 Å². The zero-order valence-corrected chi connectivity index (χ0v) is 55.1. The van der Waals surface area contributed by atoms with Gasteiger partial charge in [0.25, 0.3) is 23.1 Å². The van der Waals surface area contributed by atoms with Crippen LogP contribution in [0.15, 0.2) is 235 Å². The largest absolute Gasteiger partial charge is 1.00 e. The van der Waals surface area contributed by atoms with Crippen LogP contribution in [0.25, 0.3) is 28.5 Å². The molecule has 1 atom stereocenters. The number of nitro benzene ring substituents is 1. The maximum absolute atomic E-state index is 12.1. The van der Waals surface area contributed by atoms with Gasteiger partial charge in [0, 0.05) is 74.2 Å². The number of aromatic hydroxyl groups is 2. The molecule has 476 valence electrons. The zero-order valence-electron chi connectivity index (χ0n) is 50.5. The van der Waals surface area contributed by atoms with Crippen LogP contribution in [-0.2, 0) is 11.8 Å². The summed E-state index contributed by atoms with van der Waals surface area (Å²) in [4.78, 5) is 58.4. The van der Waals surface area contributed by atoms with Crippen molar-refractivity contribution < 1.29 is 76.4 Å². The number of rotatable bonds is 12. The number of phenols is 2. The van der Waals surface area contributed by atoms with Crippen molar-refractivity contribution in [3.8, 4) is 33.9 Å². The molecule has 1 amide bonds. The highest BCUT2D eigenvalue weighted by Crippen LogP contribution is 2.35. The van der Waals surface area contributed by atoms with Gasteiger partial charge < -0.3 is 62.8 Å². The number of nitro groups is 1. The van der Waals surface area contributed by atoms with Gasteiger partial charge >= 0.3 is 0 Å². The van der Waals surface area contributed by atoms with E-state index >= 15 is 0 Å². The van der Waals surface area contributed by atoms with E-state index < -0.39 is 16.8 Å². The van der Waals surface area contributed by atoms with Gasteiger partial charge in [-0.3, -0.25) is 39.4 Å². The topological polar surface area (TPSA) is 242 Å². The number of ketones is 2. The molecule has 0 bridgehead atoms. The second-order valence-electron chi connectivity index (χ2n) is 20.2. The van der Waals surface area contributed by atoms with Gasteiger partial charge in [-0.1, -0.05) is 122 Å². The third-order valence-electron chi connectivity index (χ3n) is 13.7. The van der Waals surface area contributed by atoms with E-state index in [0.29, 0.717) is 37.7 Å². The summed E-state index contributed by atoms with van der Waals surface area (Å²) >= 11 is 11.4. The lowest BCUT2D eigenvalue weighted by atomic mass is 10.1. The number of non-ortho nitro benzene ring substituents is 1. The first kappa shape index (κ1) is 72.1. The number of anilines is 1. The summed E-state index contributed by atoms with van der Waals surface area (Å²) in [5, 5.41) is 44.0. The number of hydrogen-bond acceptors (Lipinski definition) is 16. The van der Waals surface area contributed by atoms with Crippen LogP contribution in [0.1, 0.15) is 80.8 Å². The van der Waals surface area contributed by atoms with E-state index in [2.05, 4.69) is 22.2 Å². The summed E-state index contributed by atoms with van der Waals surface area (Å²) in [5.41, 5.74) is 10.2. The van der Waals surface area contributed by atoms with Gasteiger partial charge in [-0.25, -0.2) is 0 Å². The van der Waals surface area contributed by atoms with Crippen LogP contribution in [0.3, 0.4) is 0 Å². The third kappa shape index (κ3) is 19.5. The van der Waals surface area contributed by atoms with E-state index in [-0.39, 0.29) is 71.8 Å². The Morgan fingerprint density at radius 2 is 1.35 bits per heavy atom. The first-order valence-electron chi connectivity index (χ1n) is 28.1. The van der Waals surface area contributed by atoms with Crippen LogP contribution in [0.5, 0.6) is 11.5 Å². The number of amides is 1. The van der Waals surface area contributed by atoms with Gasteiger partial charge in [0.05, 0.1) is 27.9 Å². The molecule has 4 N–H and O–H groups in total. The summed E-state index contributed by atoms with van der Waals surface area (Å²) in [6.07, 6.45) is 8.41. The standard InChI is InChI=1S/C22H20N2O2.C15H10N2O4S2.C13H10NO.C10H14N2S.C10H8O4.CH4.HI/c1-15-3-9-19(21(25)11-15)23-13-17-5-7-18(8-6-17)14-24-20-10-4-16(2)12-22(20)26;1-16-14(18)13(23-15(16)22)8-11-5-6-12(21-11)9-3-2-4-10(7-9)17(19)20;1-14-8-4-7-10-9-5-2-3-6-11(9)13(15)12(10)14;1-3-12(2)10(13)11-9-7-5-4-6-8-9;11-9(7-3-1-5-13-7)10(12)8-4-2-6-14-8;;/h3-14,25-26H,1-2H3;2-8H,1H3;2-8H,1H3;4-8H,3H2,1-2H3,(H,11,13);1-6,9,11H;1H4;1H/q;;+1;;;;/p-1/b;13-8-;;;;;. The number of aliphatic hydroxyl groups excluding tert-OH is 1. The second kappa shape index (κ2) is 34.4. The molecule has 1 aliphatic carbocycles. The Morgan fingerprint density at radius 3 is 1.90 bits per heavy atom. The Bertz CT molecular complexity index is 4250. The first-order chi connectivity index (χ1) is 43.8. The van der Waals surface area contributed by atoms with E-state index in [1.807, 2.05) is 147 Å². The quantitative estimate of drug-likeness (QED) is 0.0130. The summed E-state index contributed by atoms with van der Waals surface area (Å²) in [7, 11) is 5.50. The molecule has 6 aromatic carbocycles. The fourth-order valence-corrected chi connectivity index (χ4v) is 10.0. The zero-order chi connectivity index (χ0) is 65.1. The van der Waals surface area contributed by atoms with E-state index in [9.17, 15) is 39.8 Å². The number of phenolic OH excluding ortho intramolecular Hbond substituents is 2. The summed E-state index contributed by atoms with van der Waals surface area (Å²) in [5.74, 6) is 1.10. The number of nitrogens with one attached hydrogen (secondary N) is 1. The van der Waals surface area contributed by atoms with Crippen molar-refractivity contribution in [2.75, 3.05) is 26.0 Å². The van der Waals surface area contributed by atoms with Crippen molar-refractivity contribution in [2.45, 2.75) is 34.3 Å². The van der Waals surface area contributed by atoms with Crippen molar-refractivity contribution >= 4 is 104 Å². The Hall–Kier alpha value is -9.98. The average Bonchev–Trinajstić information content (AvgIpc) is 1.62. The number of fused-ring (bicyclic) bond motifs is 3. The fraction of sp³-hybridized carbons (Fsp3) is 0.127. The van der Waals surface area contributed by atoms with Crippen LogP contribution in [0.2, 0.25) is 0 Å². The molecule has 4 aromatic heterocycles. The van der Waals surface area contributed by atoms with Crippen molar-refractivity contribution in [3.63, 3.8) is 0 Å². The minimum atomic E-state index is -1.30. The van der Waals surface area contributed by atoms with E-state index in [1.54, 1.807) is 86.2 Å². The monoisotopic (exact) mass is 1420 g/mol. The number of aliphatic imine (C=N–C) groups is 2. The molecule has 93 heavy (non-hydrogen) atoms. The number of benzene rings is 6. The molecule has 18 nitrogen and oxygen atoms in total. The molecular formula is C71H66IN7O11S3. The van der Waals surface area contributed by atoms with Gasteiger partial charge in [0.2, 0.25) is 5.78 Å². The number of nitrogens with zero attached hydrogens (tertiary/aromatic N) is 6. The van der Waals surface area contributed by atoms with Gasteiger partial charge in [0.15, 0.2) is 23.2 Å². The van der Waals surface area contributed by atoms with Gasteiger partial charge in [-0.15, -0.1) is 0 Å². The van der Waals surface area contributed by atoms with Crippen molar-refractivity contribution in [2.24, 2.45) is 17.0 Å². The average molecular weight is 1420 g/mol. The lowest BCUT2D eigenvalue weighted by molar-refractivity contribution is -0.672. The fourth-order valence-electron chi connectivity index (χ4n) is 8.64. The molecule has 1 aliphatic heterocycles. The SMILES string of the molecule is C.CCN(C)C(=S)Nc1ccccc1.CN1C(=O)/C(=C/c2ccc(-c3cccc([N+](=O)[O-])c3)o2)SC1=S.C[n+]1cccc2c1C(=O)c1ccccc1-2.Cc1ccc(N=Cc2ccc(C=Nc3ccc(C)cc3O)cc2)c(O)c1.O=C(c1ccco1)C(O)c1ccco1.[I-]. The lowest BCUT2D eigenvalue weighted by Gasteiger charge is -2.18. The number of likely N-dealkylation sites (N-methyl/N-ethyl adjacent to an activating group) is 1.